The van der Waals surface area contributed by atoms with Crippen LogP contribution in [0.25, 0.3) is 0 Å². The van der Waals surface area contributed by atoms with Crippen molar-refractivity contribution in [2.75, 3.05) is 13.1 Å². The van der Waals surface area contributed by atoms with Gasteiger partial charge in [0.2, 0.25) is 0 Å². The highest BCUT2D eigenvalue weighted by Crippen LogP contribution is 2.40. The normalized spacial score (nSPS) is 27.9. The number of hydrogen-bond donors (Lipinski definition) is 2. The highest BCUT2D eigenvalue weighted by atomic mass is 16.3. The molecule has 1 rings (SSSR count). The Morgan fingerprint density at radius 1 is 1.24 bits per heavy atom. The van der Waals surface area contributed by atoms with Crippen LogP contribution < -0.4 is 5.32 Å². The van der Waals surface area contributed by atoms with E-state index in [0.29, 0.717) is 18.1 Å². The average molecular weight is 242 g/mol. The summed E-state index contributed by atoms with van der Waals surface area (Å²) >= 11 is 0. The average Bonchev–Trinajstić information content (AvgIpc) is 2.21. The van der Waals surface area contributed by atoms with E-state index in [1.807, 2.05) is 0 Å². The third kappa shape index (κ3) is 3.43. The zero-order chi connectivity index (χ0) is 13.2. The summed E-state index contributed by atoms with van der Waals surface area (Å²) in [6.07, 6.45) is 0.766. The first kappa shape index (κ1) is 14.9. The van der Waals surface area contributed by atoms with Crippen LogP contribution in [-0.2, 0) is 0 Å². The second-order valence-corrected chi connectivity index (χ2v) is 6.50. The summed E-state index contributed by atoms with van der Waals surface area (Å²) in [7, 11) is 0. The molecule has 0 amide bonds. The van der Waals surface area contributed by atoms with Crippen LogP contribution in [0.4, 0.5) is 0 Å². The molecule has 3 nitrogen and oxygen atoms in total. The van der Waals surface area contributed by atoms with Gasteiger partial charge in [0.05, 0.1) is 6.10 Å². The molecule has 0 aliphatic heterocycles. The van der Waals surface area contributed by atoms with Gasteiger partial charge in [-0.25, -0.2) is 0 Å². The molecule has 3 heteroatoms. The van der Waals surface area contributed by atoms with Gasteiger partial charge in [0.1, 0.15) is 0 Å². The minimum atomic E-state index is -0.133. The van der Waals surface area contributed by atoms with Crippen LogP contribution in [0.5, 0.6) is 0 Å². The molecule has 2 atom stereocenters. The van der Waals surface area contributed by atoms with E-state index in [0.717, 1.165) is 19.5 Å². The Morgan fingerprint density at radius 3 is 2.12 bits per heavy atom. The summed E-state index contributed by atoms with van der Waals surface area (Å²) in [6, 6.07) is 1.66. The van der Waals surface area contributed by atoms with Crippen molar-refractivity contribution in [3.8, 4) is 0 Å². The molecule has 0 bridgehead atoms. The first-order valence-corrected chi connectivity index (χ1v) is 6.94. The molecule has 0 saturated heterocycles. The summed E-state index contributed by atoms with van der Waals surface area (Å²) < 4.78 is 0. The fourth-order valence-corrected chi connectivity index (χ4v) is 2.73. The molecule has 1 aliphatic rings. The molecule has 17 heavy (non-hydrogen) atoms. The Kier molecular flexibility index (Phi) is 4.99. The van der Waals surface area contributed by atoms with Gasteiger partial charge in [0.15, 0.2) is 0 Å². The van der Waals surface area contributed by atoms with Gasteiger partial charge in [-0.2, -0.15) is 0 Å². The van der Waals surface area contributed by atoms with Gasteiger partial charge >= 0.3 is 0 Å². The number of aliphatic hydroxyl groups is 1. The SMILES string of the molecule is CC(C)N(CCNC1CC(O)C1(C)C)C(C)C. The summed E-state index contributed by atoms with van der Waals surface area (Å²) in [5, 5.41) is 13.3. The molecule has 1 fully saturated rings. The van der Waals surface area contributed by atoms with Gasteiger partial charge in [-0.3, -0.25) is 4.90 Å². The Morgan fingerprint density at radius 2 is 1.76 bits per heavy atom. The highest BCUT2D eigenvalue weighted by Gasteiger charge is 2.46. The van der Waals surface area contributed by atoms with Crippen molar-refractivity contribution in [3.05, 3.63) is 0 Å². The molecule has 102 valence electrons. The summed E-state index contributed by atoms with van der Waals surface area (Å²) in [4.78, 5) is 2.50. The predicted octanol–water partition coefficient (Wildman–Crippen LogP) is 1.85. The topological polar surface area (TPSA) is 35.5 Å². The minimum Gasteiger partial charge on any atom is -0.392 e. The van der Waals surface area contributed by atoms with E-state index in [4.69, 9.17) is 0 Å². The summed E-state index contributed by atoms with van der Waals surface area (Å²) in [5.41, 5.74) is 0.0422. The van der Waals surface area contributed by atoms with E-state index in [1.165, 1.54) is 0 Å². The maximum Gasteiger partial charge on any atom is 0.0621 e. The molecule has 0 aromatic heterocycles. The maximum atomic E-state index is 9.68. The van der Waals surface area contributed by atoms with Crippen molar-refractivity contribution in [2.45, 2.75) is 72.2 Å². The lowest BCUT2D eigenvalue weighted by atomic mass is 9.64. The highest BCUT2D eigenvalue weighted by molar-refractivity contribution is 5.01. The molecule has 2 N–H and O–H groups in total. The molecule has 0 aromatic carbocycles. The second-order valence-electron chi connectivity index (χ2n) is 6.50. The van der Waals surface area contributed by atoms with Crippen LogP contribution in [0.15, 0.2) is 0 Å². The molecule has 0 heterocycles. The van der Waals surface area contributed by atoms with Crippen LogP contribution >= 0.6 is 0 Å². The molecule has 2 unspecified atom stereocenters. The van der Waals surface area contributed by atoms with Crippen molar-refractivity contribution >= 4 is 0 Å². The lowest BCUT2D eigenvalue weighted by Crippen LogP contribution is -2.60. The van der Waals surface area contributed by atoms with E-state index < -0.39 is 0 Å². The second kappa shape index (κ2) is 5.68. The lowest BCUT2D eigenvalue weighted by Gasteiger charge is -2.50. The van der Waals surface area contributed by atoms with Gasteiger partial charge in [0, 0.05) is 36.6 Å². The van der Waals surface area contributed by atoms with E-state index in [-0.39, 0.29) is 11.5 Å². The fourth-order valence-electron chi connectivity index (χ4n) is 2.73. The molecule has 1 aliphatic carbocycles. The number of rotatable bonds is 6. The van der Waals surface area contributed by atoms with E-state index in [9.17, 15) is 5.11 Å². The van der Waals surface area contributed by atoms with Gasteiger partial charge in [0.25, 0.3) is 0 Å². The third-order valence-corrected chi connectivity index (χ3v) is 4.30. The van der Waals surface area contributed by atoms with Gasteiger partial charge < -0.3 is 10.4 Å². The van der Waals surface area contributed by atoms with Gasteiger partial charge in [-0.1, -0.05) is 13.8 Å². The quantitative estimate of drug-likeness (QED) is 0.746. The van der Waals surface area contributed by atoms with Crippen LogP contribution in [0.3, 0.4) is 0 Å². The zero-order valence-corrected chi connectivity index (χ0v) is 12.3. The minimum absolute atomic E-state index is 0.0422. The van der Waals surface area contributed by atoms with Crippen molar-refractivity contribution in [1.82, 2.24) is 10.2 Å². The van der Waals surface area contributed by atoms with E-state index in [1.54, 1.807) is 0 Å². The molecule has 1 saturated carbocycles. The largest absolute Gasteiger partial charge is 0.392 e. The zero-order valence-electron chi connectivity index (χ0n) is 12.3. The number of nitrogens with one attached hydrogen (secondary N) is 1. The van der Waals surface area contributed by atoms with Crippen LogP contribution in [-0.4, -0.2) is 47.3 Å². The monoisotopic (exact) mass is 242 g/mol. The molecule has 0 aromatic rings. The van der Waals surface area contributed by atoms with Crippen molar-refractivity contribution < 1.29 is 5.11 Å². The van der Waals surface area contributed by atoms with Crippen molar-refractivity contribution in [3.63, 3.8) is 0 Å². The smallest absolute Gasteiger partial charge is 0.0621 e. The maximum absolute atomic E-state index is 9.68. The number of nitrogens with zero attached hydrogens (tertiary/aromatic N) is 1. The Hall–Kier alpha value is -0.120. The van der Waals surface area contributed by atoms with Crippen LogP contribution in [0, 0.1) is 5.41 Å². The molecule has 0 spiro atoms. The molecular formula is C14H30N2O. The fraction of sp³-hybridized carbons (Fsp3) is 1.00. The van der Waals surface area contributed by atoms with Crippen molar-refractivity contribution in [2.24, 2.45) is 5.41 Å². The first-order valence-electron chi connectivity index (χ1n) is 6.94. The van der Waals surface area contributed by atoms with Gasteiger partial charge in [-0.15, -0.1) is 0 Å². The van der Waals surface area contributed by atoms with E-state index >= 15 is 0 Å². The predicted molar refractivity (Wildman–Crippen MR) is 73.2 cm³/mol. The lowest BCUT2D eigenvalue weighted by molar-refractivity contribution is -0.0729. The Bertz CT molecular complexity index is 230. The summed E-state index contributed by atoms with van der Waals surface area (Å²) in [6.45, 7) is 15.4. The third-order valence-electron chi connectivity index (χ3n) is 4.30. The first-order chi connectivity index (χ1) is 7.76. The van der Waals surface area contributed by atoms with Crippen LogP contribution in [0.2, 0.25) is 0 Å². The number of aliphatic hydroxyl groups excluding tert-OH is 1. The standard InChI is InChI=1S/C14H30N2O/c1-10(2)16(11(3)4)8-7-15-12-9-13(17)14(12,5)6/h10-13,15,17H,7-9H2,1-6H3. The Balaban J connectivity index is 2.28. The number of hydrogen-bond acceptors (Lipinski definition) is 3. The Labute approximate surface area is 107 Å². The summed E-state index contributed by atoms with van der Waals surface area (Å²) in [5.74, 6) is 0. The van der Waals surface area contributed by atoms with Gasteiger partial charge in [-0.05, 0) is 34.1 Å². The van der Waals surface area contributed by atoms with Crippen molar-refractivity contribution in [1.29, 1.82) is 0 Å². The molecular weight excluding hydrogens is 212 g/mol. The van der Waals surface area contributed by atoms with E-state index in [2.05, 4.69) is 51.8 Å². The van der Waals surface area contributed by atoms with Crippen LogP contribution in [0.1, 0.15) is 48.0 Å². The molecule has 0 radical (unpaired) electrons.